The quantitative estimate of drug-likeness (QED) is 0.741. The summed E-state index contributed by atoms with van der Waals surface area (Å²) in [6, 6.07) is 19.4. The van der Waals surface area contributed by atoms with Crippen LogP contribution in [0.3, 0.4) is 0 Å². The number of nitrogens with zero attached hydrogens (tertiary/aromatic N) is 1. The van der Waals surface area contributed by atoms with Crippen LogP contribution in [-0.4, -0.2) is 34.5 Å². The molecule has 1 amide bonds. The monoisotopic (exact) mass is 374 g/mol. The predicted molar refractivity (Wildman–Crippen MR) is 99.7 cm³/mol. The smallest absolute Gasteiger partial charge is 0.230 e. The first-order chi connectivity index (χ1) is 13.6. The number of carboxylic acid groups (broad SMARTS) is 1. The van der Waals surface area contributed by atoms with Crippen molar-refractivity contribution in [2.75, 3.05) is 0 Å². The Hall–Kier alpha value is -2.92. The molecular formula is C23H20NO4-. The van der Waals surface area contributed by atoms with Crippen LogP contribution >= 0.6 is 0 Å². The summed E-state index contributed by atoms with van der Waals surface area (Å²) in [6.07, 6.45) is 3.72. The summed E-state index contributed by atoms with van der Waals surface area (Å²) < 4.78 is 6.19. The summed E-state index contributed by atoms with van der Waals surface area (Å²) in [7, 11) is 0. The van der Waals surface area contributed by atoms with Crippen LogP contribution in [0.1, 0.15) is 11.1 Å². The van der Waals surface area contributed by atoms with Gasteiger partial charge in [-0.3, -0.25) is 4.79 Å². The normalized spacial score (nSPS) is 32.7. The van der Waals surface area contributed by atoms with Gasteiger partial charge in [0.25, 0.3) is 0 Å². The minimum absolute atomic E-state index is 0.161. The first-order valence-corrected chi connectivity index (χ1v) is 9.56. The fourth-order valence-corrected chi connectivity index (χ4v) is 5.06. The number of carboxylic acids is 1. The summed E-state index contributed by atoms with van der Waals surface area (Å²) in [6.45, 7) is 0.428. The molecule has 2 bridgehead atoms. The van der Waals surface area contributed by atoms with Crippen LogP contribution in [0.25, 0.3) is 0 Å². The lowest BCUT2D eigenvalue weighted by Crippen LogP contribution is -2.47. The molecule has 5 heteroatoms. The average Bonchev–Trinajstić information content (AvgIpc) is 3.34. The van der Waals surface area contributed by atoms with E-state index in [1.54, 1.807) is 11.0 Å². The van der Waals surface area contributed by atoms with Gasteiger partial charge in [0, 0.05) is 18.4 Å². The third-order valence-corrected chi connectivity index (χ3v) is 6.27. The molecule has 2 aromatic carbocycles. The molecule has 28 heavy (non-hydrogen) atoms. The number of fused-ring (bicyclic) bond motifs is 1. The van der Waals surface area contributed by atoms with Crippen LogP contribution in [0.4, 0.5) is 0 Å². The second kappa shape index (κ2) is 6.31. The van der Waals surface area contributed by atoms with Gasteiger partial charge in [-0.25, -0.2) is 0 Å². The molecule has 2 fully saturated rings. The van der Waals surface area contributed by atoms with Gasteiger partial charge >= 0.3 is 0 Å². The maximum absolute atomic E-state index is 13.4. The van der Waals surface area contributed by atoms with Gasteiger partial charge in [-0.15, -0.1) is 0 Å². The predicted octanol–water partition coefficient (Wildman–Crippen LogP) is 1.33. The Labute approximate surface area is 163 Å². The van der Waals surface area contributed by atoms with Gasteiger partial charge in [0.1, 0.15) is 5.60 Å². The van der Waals surface area contributed by atoms with Crippen molar-refractivity contribution in [3.05, 3.63) is 83.9 Å². The number of amides is 1. The van der Waals surface area contributed by atoms with Gasteiger partial charge in [0.05, 0.1) is 18.1 Å². The molecular weight excluding hydrogens is 354 g/mol. The van der Waals surface area contributed by atoms with E-state index in [0.29, 0.717) is 13.0 Å². The third-order valence-electron chi connectivity index (χ3n) is 6.27. The molecule has 0 unspecified atom stereocenters. The van der Waals surface area contributed by atoms with Gasteiger partial charge in [-0.1, -0.05) is 72.8 Å². The van der Waals surface area contributed by atoms with Gasteiger partial charge in [0.15, 0.2) is 0 Å². The van der Waals surface area contributed by atoms with Crippen LogP contribution in [0.15, 0.2) is 72.8 Å². The highest BCUT2D eigenvalue weighted by Crippen LogP contribution is 2.55. The van der Waals surface area contributed by atoms with E-state index in [4.69, 9.17) is 4.74 Å². The summed E-state index contributed by atoms with van der Waals surface area (Å²) >= 11 is 0. The van der Waals surface area contributed by atoms with E-state index < -0.39 is 29.5 Å². The number of carbonyl (C=O) groups is 2. The van der Waals surface area contributed by atoms with Crippen LogP contribution in [0, 0.1) is 11.8 Å². The molecule has 2 saturated heterocycles. The van der Waals surface area contributed by atoms with E-state index in [9.17, 15) is 14.7 Å². The highest BCUT2D eigenvalue weighted by Gasteiger charge is 2.69. The summed E-state index contributed by atoms with van der Waals surface area (Å²) in [4.78, 5) is 27.0. The number of aliphatic carboxylic acids is 1. The second-order valence-electron chi connectivity index (χ2n) is 7.77. The fourth-order valence-electron chi connectivity index (χ4n) is 5.06. The molecule has 2 aromatic rings. The van der Waals surface area contributed by atoms with Crippen molar-refractivity contribution in [2.45, 2.75) is 30.7 Å². The third kappa shape index (κ3) is 2.43. The molecule has 0 aromatic heterocycles. The molecule has 0 radical (unpaired) electrons. The molecule has 0 N–H and O–H groups in total. The number of benzene rings is 2. The number of rotatable bonds is 5. The molecule has 0 aliphatic carbocycles. The minimum atomic E-state index is -1.21. The van der Waals surface area contributed by atoms with E-state index in [0.717, 1.165) is 11.1 Å². The maximum Gasteiger partial charge on any atom is 0.230 e. The molecule has 5 rings (SSSR count). The number of carbonyl (C=O) groups excluding carboxylic acids is 2. The second-order valence-corrected chi connectivity index (χ2v) is 7.77. The standard InChI is InChI=1S/C23H21NO4/c25-21-20-19(22(26)27)17-11-12-23(20,28-17)18(13-15-7-3-1-4-8-15)24(21)14-16-9-5-2-6-10-16/h1-12,17-20H,13-14H2,(H,26,27)/p-1/t17-,18-,19-,20-,23-/m1/s1. The Morgan fingerprint density at radius 1 is 1.04 bits per heavy atom. The highest BCUT2D eigenvalue weighted by molar-refractivity contribution is 5.91. The van der Waals surface area contributed by atoms with Gasteiger partial charge < -0.3 is 19.5 Å². The average molecular weight is 374 g/mol. The highest BCUT2D eigenvalue weighted by atomic mass is 16.5. The van der Waals surface area contributed by atoms with Crippen LogP contribution in [0.5, 0.6) is 0 Å². The SMILES string of the molecule is O=C([O-])[C@@H]1[C@H]2C=C[C@]3(O2)[C@H]1C(=O)N(Cc1ccccc1)[C@@H]3Cc1ccccc1. The molecule has 142 valence electrons. The molecule has 5 atom stereocenters. The van der Waals surface area contributed by atoms with Crippen molar-refractivity contribution < 1.29 is 19.4 Å². The first-order valence-electron chi connectivity index (χ1n) is 9.56. The molecule has 3 aliphatic heterocycles. The van der Waals surface area contributed by atoms with Gasteiger partial charge in [-0.2, -0.15) is 0 Å². The molecule has 5 nitrogen and oxygen atoms in total. The van der Waals surface area contributed by atoms with Crippen molar-refractivity contribution in [3.63, 3.8) is 0 Å². The van der Waals surface area contributed by atoms with Crippen molar-refractivity contribution in [3.8, 4) is 0 Å². The lowest BCUT2D eigenvalue weighted by Gasteiger charge is -2.33. The Kier molecular flexibility index (Phi) is 3.88. The summed E-state index contributed by atoms with van der Waals surface area (Å²) in [5.41, 5.74) is 1.19. The molecule has 3 aliphatic rings. The van der Waals surface area contributed by atoms with E-state index >= 15 is 0 Å². The summed E-state index contributed by atoms with van der Waals surface area (Å²) in [5.74, 6) is -3.04. The topological polar surface area (TPSA) is 69.7 Å². The lowest BCUT2D eigenvalue weighted by molar-refractivity contribution is -0.313. The number of ether oxygens (including phenoxy) is 1. The Morgan fingerprint density at radius 3 is 2.32 bits per heavy atom. The Balaban J connectivity index is 1.56. The maximum atomic E-state index is 13.4. The lowest BCUT2D eigenvalue weighted by atomic mass is 9.74. The largest absolute Gasteiger partial charge is 0.550 e. The zero-order chi connectivity index (χ0) is 19.3. The zero-order valence-electron chi connectivity index (χ0n) is 15.2. The number of likely N-dealkylation sites (tertiary alicyclic amines) is 1. The van der Waals surface area contributed by atoms with E-state index in [1.807, 2.05) is 66.7 Å². The van der Waals surface area contributed by atoms with Crippen LogP contribution in [0.2, 0.25) is 0 Å². The van der Waals surface area contributed by atoms with Crippen LogP contribution in [-0.2, 0) is 27.3 Å². The minimum Gasteiger partial charge on any atom is -0.550 e. The van der Waals surface area contributed by atoms with Crippen molar-refractivity contribution >= 4 is 11.9 Å². The molecule has 1 spiro atoms. The van der Waals surface area contributed by atoms with E-state index in [1.165, 1.54) is 0 Å². The van der Waals surface area contributed by atoms with Crippen molar-refractivity contribution in [2.24, 2.45) is 11.8 Å². The zero-order valence-corrected chi connectivity index (χ0v) is 15.2. The fraction of sp³-hybridized carbons (Fsp3) is 0.304. The summed E-state index contributed by atoms with van der Waals surface area (Å²) in [5, 5.41) is 11.8. The van der Waals surface area contributed by atoms with Crippen molar-refractivity contribution in [1.82, 2.24) is 4.90 Å². The number of hydrogen-bond acceptors (Lipinski definition) is 4. The van der Waals surface area contributed by atoms with Crippen molar-refractivity contribution in [1.29, 1.82) is 0 Å². The van der Waals surface area contributed by atoms with Gasteiger partial charge in [-0.05, 0) is 17.5 Å². The van der Waals surface area contributed by atoms with Crippen LogP contribution < -0.4 is 5.11 Å². The number of hydrogen-bond donors (Lipinski definition) is 0. The Bertz CT molecular complexity index is 942. The molecule has 3 heterocycles. The van der Waals surface area contributed by atoms with Gasteiger partial charge in [0.2, 0.25) is 5.91 Å². The molecule has 0 saturated carbocycles. The van der Waals surface area contributed by atoms with E-state index in [-0.39, 0.29) is 11.9 Å². The first kappa shape index (κ1) is 17.2. The van der Waals surface area contributed by atoms with E-state index in [2.05, 4.69) is 0 Å². The Morgan fingerprint density at radius 2 is 1.68 bits per heavy atom.